The summed E-state index contributed by atoms with van der Waals surface area (Å²) in [5, 5.41) is 0. The number of anilines is 1. The summed E-state index contributed by atoms with van der Waals surface area (Å²) in [6, 6.07) is 37.7. The second-order valence-electron chi connectivity index (χ2n) is 9.68. The Labute approximate surface area is 245 Å². The van der Waals surface area contributed by atoms with Gasteiger partial charge in [0.25, 0.3) is 5.91 Å². The molecule has 0 aliphatic heterocycles. The molecular weight excluding hydrogens is 524 g/mol. The molecule has 0 saturated heterocycles. The SMILES string of the molecule is COc1ccc(C(=C(c2ccc(OC)cc2)c2ccc(-c3ccc(N)c(C(N)=O)c3)cc2)c2ccc(OC)cc2)cc1. The minimum Gasteiger partial charge on any atom is -0.497 e. The molecule has 1 amide bonds. The first-order valence-corrected chi connectivity index (χ1v) is 13.4. The predicted octanol–water partition coefficient (Wildman–Crippen LogP) is 7.07. The highest BCUT2D eigenvalue weighted by molar-refractivity contribution is 6.05. The van der Waals surface area contributed by atoms with Crippen LogP contribution in [0.5, 0.6) is 17.2 Å². The Morgan fingerprint density at radius 1 is 0.500 bits per heavy atom. The van der Waals surface area contributed by atoms with Gasteiger partial charge in [-0.25, -0.2) is 0 Å². The molecule has 6 nitrogen and oxygen atoms in total. The van der Waals surface area contributed by atoms with Gasteiger partial charge in [-0.15, -0.1) is 0 Å². The number of nitrogen functional groups attached to an aromatic ring is 1. The first kappa shape index (κ1) is 28.1. The molecule has 0 aliphatic carbocycles. The maximum Gasteiger partial charge on any atom is 0.250 e. The lowest BCUT2D eigenvalue weighted by Gasteiger charge is -2.19. The average molecular weight is 557 g/mol. The number of rotatable bonds is 9. The van der Waals surface area contributed by atoms with E-state index in [2.05, 4.69) is 48.5 Å². The van der Waals surface area contributed by atoms with Crippen LogP contribution >= 0.6 is 0 Å². The summed E-state index contributed by atoms with van der Waals surface area (Å²) < 4.78 is 16.3. The van der Waals surface area contributed by atoms with Gasteiger partial charge in [-0.1, -0.05) is 66.7 Å². The van der Waals surface area contributed by atoms with Crippen LogP contribution in [0.1, 0.15) is 32.6 Å². The van der Waals surface area contributed by atoms with Crippen molar-refractivity contribution in [3.05, 3.63) is 143 Å². The van der Waals surface area contributed by atoms with Crippen LogP contribution in [0.3, 0.4) is 0 Å². The van der Waals surface area contributed by atoms with E-state index in [9.17, 15) is 4.79 Å². The summed E-state index contributed by atoms with van der Waals surface area (Å²) in [5.74, 6) is 1.78. The van der Waals surface area contributed by atoms with E-state index in [0.717, 1.165) is 61.8 Å². The monoisotopic (exact) mass is 556 g/mol. The van der Waals surface area contributed by atoms with Gasteiger partial charge < -0.3 is 25.7 Å². The summed E-state index contributed by atoms with van der Waals surface area (Å²) >= 11 is 0. The molecule has 0 atom stereocenters. The number of ether oxygens (including phenoxy) is 3. The fourth-order valence-corrected chi connectivity index (χ4v) is 4.96. The molecule has 42 heavy (non-hydrogen) atoms. The number of carbonyl (C=O) groups excluding carboxylic acids is 1. The van der Waals surface area contributed by atoms with Crippen molar-refractivity contribution in [2.75, 3.05) is 27.1 Å². The molecule has 5 aromatic rings. The molecule has 0 fully saturated rings. The van der Waals surface area contributed by atoms with Crippen LogP contribution < -0.4 is 25.7 Å². The molecule has 210 valence electrons. The Hall–Kier alpha value is -5.49. The highest BCUT2D eigenvalue weighted by atomic mass is 16.5. The van der Waals surface area contributed by atoms with Crippen molar-refractivity contribution in [2.24, 2.45) is 5.73 Å². The van der Waals surface area contributed by atoms with Crippen LogP contribution in [0.2, 0.25) is 0 Å². The number of hydrogen-bond acceptors (Lipinski definition) is 5. The highest BCUT2D eigenvalue weighted by Gasteiger charge is 2.18. The lowest BCUT2D eigenvalue weighted by molar-refractivity contribution is 0.100. The Morgan fingerprint density at radius 2 is 0.833 bits per heavy atom. The van der Waals surface area contributed by atoms with Gasteiger partial charge >= 0.3 is 0 Å². The standard InChI is InChI=1S/C36H32N2O4/c1-40-29-15-8-25(9-16-29)34(24-6-4-23(5-7-24)28-14-21-33(37)32(22-28)36(38)39)35(26-10-17-30(41-2)18-11-26)27-12-19-31(42-3)20-13-27/h4-22H,37H2,1-3H3,(H2,38,39). The van der Waals surface area contributed by atoms with Gasteiger partial charge in [-0.3, -0.25) is 4.79 Å². The maximum absolute atomic E-state index is 11.9. The van der Waals surface area contributed by atoms with Crippen molar-refractivity contribution >= 4 is 22.7 Å². The average Bonchev–Trinajstić information content (AvgIpc) is 3.04. The molecule has 0 saturated carbocycles. The van der Waals surface area contributed by atoms with Gasteiger partial charge in [0, 0.05) is 5.69 Å². The van der Waals surface area contributed by atoms with E-state index in [1.165, 1.54) is 0 Å². The molecule has 0 bridgehead atoms. The fraction of sp³-hybridized carbons (Fsp3) is 0.0833. The molecule has 5 aromatic carbocycles. The largest absolute Gasteiger partial charge is 0.497 e. The topological polar surface area (TPSA) is 96.8 Å². The predicted molar refractivity (Wildman–Crippen MR) is 169 cm³/mol. The Bertz CT molecular complexity index is 1670. The van der Waals surface area contributed by atoms with E-state index in [-0.39, 0.29) is 0 Å². The summed E-state index contributed by atoms with van der Waals surface area (Å²) in [5.41, 5.74) is 20.1. The normalized spacial score (nSPS) is 10.5. The summed E-state index contributed by atoms with van der Waals surface area (Å²) in [7, 11) is 4.98. The zero-order chi connectivity index (χ0) is 29.6. The van der Waals surface area contributed by atoms with Crippen LogP contribution in [-0.2, 0) is 0 Å². The number of nitrogens with two attached hydrogens (primary N) is 2. The maximum atomic E-state index is 11.9. The first-order valence-electron chi connectivity index (χ1n) is 13.4. The van der Waals surface area contributed by atoms with Crippen molar-refractivity contribution in [1.29, 1.82) is 0 Å². The van der Waals surface area contributed by atoms with E-state index in [0.29, 0.717) is 11.3 Å². The van der Waals surface area contributed by atoms with Crippen LogP contribution in [-0.4, -0.2) is 27.2 Å². The molecule has 0 aromatic heterocycles. The first-order chi connectivity index (χ1) is 20.4. The van der Waals surface area contributed by atoms with Crippen molar-refractivity contribution in [1.82, 2.24) is 0 Å². The number of hydrogen-bond donors (Lipinski definition) is 2. The quantitative estimate of drug-likeness (QED) is 0.150. The highest BCUT2D eigenvalue weighted by Crippen LogP contribution is 2.39. The second-order valence-corrected chi connectivity index (χ2v) is 9.68. The van der Waals surface area contributed by atoms with E-state index in [4.69, 9.17) is 25.7 Å². The van der Waals surface area contributed by atoms with Crippen LogP contribution in [0.25, 0.3) is 22.3 Å². The van der Waals surface area contributed by atoms with Crippen molar-refractivity contribution < 1.29 is 19.0 Å². The molecule has 4 N–H and O–H groups in total. The molecule has 0 spiro atoms. The Kier molecular flexibility index (Phi) is 8.25. The zero-order valence-corrected chi connectivity index (χ0v) is 23.8. The summed E-state index contributed by atoms with van der Waals surface area (Å²) in [4.78, 5) is 11.9. The zero-order valence-electron chi connectivity index (χ0n) is 23.8. The van der Waals surface area contributed by atoms with E-state index < -0.39 is 5.91 Å². The van der Waals surface area contributed by atoms with Crippen molar-refractivity contribution in [2.45, 2.75) is 0 Å². The third-order valence-electron chi connectivity index (χ3n) is 7.21. The number of amides is 1. The molecule has 0 aliphatic rings. The van der Waals surface area contributed by atoms with Gasteiger partial charge in [0.2, 0.25) is 0 Å². The summed E-state index contributed by atoms with van der Waals surface area (Å²) in [6.07, 6.45) is 0. The lowest BCUT2D eigenvalue weighted by atomic mass is 9.85. The van der Waals surface area contributed by atoms with Gasteiger partial charge in [-0.05, 0) is 93.1 Å². The second kappa shape index (κ2) is 12.4. The van der Waals surface area contributed by atoms with E-state index in [1.54, 1.807) is 33.5 Å². The number of benzene rings is 5. The number of carbonyl (C=O) groups is 1. The van der Waals surface area contributed by atoms with Crippen molar-refractivity contribution in [3.63, 3.8) is 0 Å². The molecular formula is C36H32N2O4. The van der Waals surface area contributed by atoms with Gasteiger partial charge in [0.15, 0.2) is 0 Å². The van der Waals surface area contributed by atoms with E-state index in [1.807, 2.05) is 54.6 Å². The smallest absolute Gasteiger partial charge is 0.250 e. The van der Waals surface area contributed by atoms with Crippen LogP contribution in [0.15, 0.2) is 115 Å². The molecule has 0 unspecified atom stereocenters. The van der Waals surface area contributed by atoms with Gasteiger partial charge in [0.05, 0.1) is 26.9 Å². The van der Waals surface area contributed by atoms with Crippen LogP contribution in [0.4, 0.5) is 5.69 Å². The molecule has 6 heteroatoms. The molecule has 5 rings (SSSR count). The Balaban J connectivity index is 1.74. The van der Waals surface area contributed by atoms with Gasteiger partial charge in [0.1, 0.15) is 17.2 Å². The third kappa shape index (κ3) is 5.83. The fourth-order valence-electron chi connectivity index (χ4n) is 4.96. The minimum atomic E-state index is -0.556. The van der Waals surface area contributed by atoms with E-state index >= 15 is 0 Å². The third-order valence-corrected chi connectivity index (χ3v) is 7.21. The molecule has 0 heterocycles. The number of primary amides is 1. The van der Waals surface area contributed by atoms with Crippen molar-refractivity contribution in [3.8, 4) is 28.4 Å². The van der Waals surface area contributed by atoms with Gasteiger partial charge in [-0.2, -0.15) is 0 Å². The summed E-state index contributed by atoms with van der Waals surface area (Å²) in [6.45, 7) is 0. The Morgan fingerprint density at radius 3 is 1.17 bits per heavy atom. The van der Waals surface area contributed by atoms with Crippen LogP contribution in [0, 0.1) is 0 Å². The molecule has 0 radical (unpaired) electrons. The lowest BCUT2D eigenvalue weighted by Crippen LogP contribution is -2.13. The number of methoxy groups -OCH3 is 3. The minimum absolute atomic E-state index is 0.302.